The van der Waals surface area contributed by atoms with Crippen LogP contribution in [0.4, 0.5) is 10.7 Å². The largest absolute Gasteiger partial charge is 0.397 e. The van der Waals surface area contributed by atoms with Gasteiger partial charge in [0.1, 0.15) is 5.00 Å². The summed E-state index contributed by atoms with van der Waals surface area (Å²) in [6, 6.07) is 0.275. The van der Waals surface area contributed by atoms with Crippen molar-refractivity contribution < 1.29 is 9.59 Å². The van der Waals surface area contributed by atoms with Crippen molar-refractivity contribution in [3.63, 3.8) is 0 Å². The predicted octanol–water partition coefficient (Wildman–Crippen LogP) is 0.796. The molecule has 2 rings (SSSR count). The minimum atomic E-state index is -0.599. The number of thiophene rings is 1. The molecule has 1 saturated heterocycles. The highest BCUT2D eigenvalue weighted by atomic mass is 32.1. The maximum absolute atomic E-state index is 11.5. The molecule has 0 aliphatic carbocycles. The van der Waals surface area contributed by atoms with Crippen molar-refractivity contribution in [1.29, 1.82) is 0 Å². The summed E-state index contributed by atoms with van der Waals surface area (Å²) in [4.78, 5) is 23.4. The smallest absolute Gasteiger partial charge is 0.253 e. The Morgan fingerprint density at radius 2 is 2.00 bits per heavy atom. The zero-order chi connectivity index (χ0) is 14.0. The molecule has 0 radical (unpaired) electrons. The van der Waals surface area contributed by atoms with Crippen molar-refractivity contribution in [3.8, 4) is 0 Å². The zero-order valence-electron chi connectivity index (χ0n) is 10.8. The van der Waals surface area contributed by atoms with Gasteiger partial charge in [0.25, 0.3) is 5.91 Å². The lowest BCUT2D eigenvalue weighted by Crippen LogP contribution is -2.35. The first-order valence-electron chi connectivity index (χ1n) is 6.21. The monoisotopic (exact) mass is 282 g/mol. The Morgan fingerprint density at radius 3 is 2.53 bits per heavy atom. The van der Waals surface area contributed by atoms with Gasteiger partial charge in [-0.1, -0.05) is 0 Å². The maximum Gasteiger partial charge on any atom is 0.253 e. The average Bonchev–Trinajstić information content (AvgIpc) is 2.67. The third-order valence-corrected chi connectivity index (χ3v) is 4.42. The molecular formula is C12H18N4O2S. The van der Waals surface area contributed by atoms with Gasteiger partial charge >= 0.3 is 0 Å². The number of rotatable bonds is 4. The van der Waals surface area contributed by atoms with Crippen molar-refractivity contribution in [2.24, 2.45) is 5.73 Å². The van der Waals surface area contributed by atoms with Gasteiger partial charge in [0.05, 0.1) is 16.1 Å². The molecule has 0 aromatic carbocycles. The molecule has 1 aliphatic rings. The van der Waals surface area contributed by atoms with E-state index in [2.05, 4.69) is 10.6 Å². The number of nitrogen functional groups attached to an aromatic ring is 1. The highest BCUT2D eigenvalue weighted by Gasteiger charge is 2.24. The Balaban J connectivity index is 2.30. The normalized spacial score (nSPS) is 16.3. The summed E-state index contributed by atoms with van der Waals surface area (Å²) in [7, 11) is 0. The first-order chi connectivity index (χ1) is 9.00. The zero-order valence-corrected chi connectivity index (χ0v) is 11.6. The molecule has 1 aliphatic heterocycles. The molecular weight excluding hydrogens is 264 g/mol. The van der Waals surface area contributed by atoms with Crippen LogP contribution >= 0.6 is 11.3 Å². The topological polar surface area (TPSA) is 110 Å². The molecule has 0 saturated carbocycles. The van der Waals surface area contributed by atoms with Gasteiger partial charge in [-0.2, -0.15) is 0 Å². The molecule has 6 nitrogen and oxygen atoms in total. The number of piperidine rings is 1. The molecule has 19 heavy (non-hydrogen) atoms. The van der Waals surface area contributed by atoms with Crippen molar-refractivity contribution >= 4 is 33.7 Å². The van der Waals surface area contributed by atoms with Gasteiger partial charge in [-0.3, -0.25) is 9.59 Å². The summed E-state index contributed by atoms with van der Waals surface area (Å²) >= 11 is 1.21. The first-order valence-corrected chi connectivity index (χ1v) is 7.02. The average molecular weight is 282 g/mol. The standard InChI is InChI=1S/C12H18N4O2S/c1-6(17)10-9(13)8(11(14)18)12(19-10)16-7-2-4-15-5-3-7/h7,15-16H,2-5,13H2,1H3,(H2,14,18). The SMILES string of the molecule is CC(=O)c1sc(NC2CCNCC2)c(C(N)=O)c1N. The minimum absolute atomic E-state index is 0.150. The van der Waals surface area contributed by atoms with E-state index in [9.17, 15) is 9.59 Å². The quantitative estimate of drug-likeness (QED) is 0.610. The van der Waals surface area contributed by atoms with E-state index >= 15 is 0 Å². The fourth-order valence-corrected chi connectivity index (χ4v) is 3.30. The number of anilines is 2. The van der Waals surface area contributed by atoms with Gasteiger partial charge < -0.3 is 22.1 Å². The van der Waals surface area contributed by atoms with Crippen molar-refractivity contribution in [3.05, 3.63) is 10.4 Å². The van der Waals surface area contributed by atoms with Gasteiger partial charge in [-0.05, 0) is 25.9 Å². The number of hydrogen-bond donors (Lipinski definition) is 4. The number of hydrogen-bond acceptors (Lipinski definition) is 6. The number of nitrogens with two attached hydrogens (primary N) is 2. The summed E-state index contributed by atoms with van der Waals surface area (Å²) in [5, 5.41) is 7.17. The van der Waals surface area contributed by atoms with Crippen molar-refractivity contribution in [2.75, 3.05) is 24.1 Å². The summed E-state index contributed by atoms with van der Waals surface area (Å²) in [5.41, 5.74) is 11.6. The maximum atomic E-state index is 11.5. The van der Waals surface area contributed by atoms with E-state index in [-0.39, 0.29) is 23.1 Å². The Kier molecular flexibility index (Phi) is 4.06. The van der Waals surface area contributed by atoms with E-state index in [1.54, 1.807) is 0 Å². The Hall–Kier alpha value is -1.60. The lowest BCUT2D eigenvalue weighted by molar-refractivity contribution is 0.100. The molecule has 1 aromatic heterocycles. The fraction of sp³-hybridized carbons (Fsp3) is 0.500. The van der Waals surface area contributed by atoms with Crippen LogP contribution in [-0.4, -0.2) is 30.8 Å². The molecule has 0 unspecified atom stereocenters. The fourth-order valence-electron chi connectivity index (χ4n) is 2.20. The van der Waals surface area contributed by atoms with Crippen LogP contribution in [0.3, 0.4) is 0 Å². The van der Waals surface area contributed by atoms with Crippen LogP contribution in [0.1, 0.15) is 39.8 Å². The van der Waals surface area contributed by atoms with Crippen LogP contribution in [-0.2, 0) is 0 Å². The van der Waals surface area contributed by atoms with Crippen LogP contribution in [0.25, 0.3) is 0 Å². The highest BCUT2D eigenvalue weighted by Crippen LogP contribution is 2.36. The van der Waals surface area contributed by atoms with Crippen LogP contribution in [0.2, 0.25) is 0 Å². The van der Waals surface area contributed by atoms with Gasteiger partial charge in [0.2, 0.25) is 0 Å². The Labute approximate surface area is 115 Å². The van der Waals surface area contributed by atoms with E-state index in [0.717, 1.165) is 25.9 Å². The molecule has 6 N–H and O–H groups in total. The molecule has 7 heteroatoms. The van der Waals surface area contributed by atoms with E-state index in [1.165, 1.54) is 18.3 Å². The second-order valence-corrected chi connectivity index (χ2v) is 5.66. The molecule has 2 heterocycles. The lowest BCUT2D eigenvalue weighted by Gasteiger charge is -2.24. The number of carbonyl (C=O) groups is 2. The number of primary amides is 1. The third kappa shape index (κ3) is 2.87. The molecule has 1 amide bonds. The predicted molar refractivity (Wildman–Crippen MR) is 76.8 cm³/mol. The lowest BCUT2D eigenvalue weighted by atomic mass is 10.1. The number of carbonyl (C=O) groups excluding carboxylic acids is 2. The van der Waals surface area contributed by atoms with Crippen LogP contribution in [0.5, 0.6) is 0 Å². The first kappa shape index (κ1) is 13.8. The number of amides is 1. The van der Waals surface area contributed by atoms with Crippen LogP contribution in [0, 0.1) is 0 Å². The van der Waals surface area contributed by atoms with E-state index in [0.29, 0.717) is 9.88 Å². The van der Waals surface area contributed by atoms with Gasteiger partial charge in [0.15, 0.2) is 5.78 Å². The van der Waals surface area contributed by atoms with Gasteiger partial charge in [0, 0.05) is 13.0 Å². The summed E-state index contributed by atoms with van der Waals surface area (Å²) in [6.45, 7) is 3.30. The molecule has 0 spiro atoms. The Bertz CT molecular complexity index is 506. The molecule has 1 fully saturated rings. The second-order valence-electron chi connectivity index (χ2n) is 4.64. The van der Waals surface area contributed by atoms with Gasteiger partial charge in [-0.15, -0.1) is 11.3 Å². The van der Waals surface area contributed by atoms with Crippen LogP contribution in [0.15, 0.2) is 0 Å². The number of nitrogens with one attached hydrogen (secondary N) is 2. The third-order valence-electron chi connectivity index (χ3n) is 3.19. The summed E-state index contributed by atoms with van der Waals surface area (Å²) in [6.07, 6.45) is 1.93. The molecule has 1 aromatic rings. The second kappa shape index (κ2) is 5.58. The molecule has 104 valence electrons. The summed E-state index contributed by atoms with van der Waals surface area (Å²) < 4.78 is 0. The Morgan fingerprint density at radius 1 is 1.37 bits per heavy atom. The minimum Gasteiger partial charge on any atom is -0.397 e. The van der Waals surface area contributed by atoms with E-state index in [4.69, 9.17) is 11.5 Å². The van der Waals surface area contributed by atoms with Gasteiger partial charge in [-0.25, -0.2) is 0 Å². The number of ketones is 1. The molecule has 0 atom stereocenters. The summed E-state index contributed by atoms with van der Waals surface area (Å²) in [5.74, 6) is -0.749. The number of Topliss-reactive ketones (excluding diaryl/α,β-unsaturated/α-hetero) is 1. The molecule has 0 bridgehead atoms. The van der Waals surface area contributed by atoms with Crippen molar-refractivity contribution in [1.82, 2.24) is 5.32 Å². The van der Waals surface area contributed by atoms with E-state index in [1.807, 2.05) is 0 Å². The van der Waals surface area contributed by atoms with Crippen molar-refractivity contribution in [2.45, 2.75) is 25.8 Å². The van der Waals surface area contributed by atoms with Crippen LogP contribution < -0.4 is 22.1 Å². The van der Waals surface area contributed by atoms with E-state index < -0.39 is 5.91 Å². The highest BCUT2D eigenvalue weighted by molar-refractivity contribution is 7.19.